The van der Waals surface area contributed by atoms with Crippen LogP contribution in [0.2, 0.25) is 0 Å². The monoisotopic (exact) mass is 319 g/mol. The number of carbonyl (C=O) groups is 1. The van der Waals surface area contributed by atoms with E-state index >= 15 is 0 Å². The highest BCUT2D eigenvalue weighted by molar-refractivity contribution is 7.89. The number of nitrogen functional groups attached to an aromatic ring is 1. The van der Waals surface area contributed by atoms with E-state index in [1.165, 1.54) is 7.11 Å². The summed E-state index contributed by atoms with van der Waals surface area (Å²) in [5.74, 6) is -0.582. The van der Waals surface area contributed by atoms with Crippen LogP contribution in [0.3, 0.4) is 0 Å². The Morgan fingerprint density at radius 3 is 1.86 bits per heavy atom. The minimum atomic E-state index is -3.30. The minimum absolute atomic E-state index is 0.0496. The molecule has 2 N–H and O–H groups in total. The van der Waals surface area contributed by atoms with Crippen LogP contribution in [0.1, 0.15) is 21.5 Å². The van der Waals surface area contributed by atoms with Crippen LogP contribution >= 0.6 is 0 Å². The Morgan fingerprint density at radius 2 is 1.41 bits per heavy atom. The van der Waals surface area contributed by atoms with E-state index in [1.54, 1.807) is 48.5 Å². The maximum absolute atomic E-state index is 12.2. The second-order valence-corrected chi connectivity index (χ2v) is 7.03. The molecule has 0 atom stereocenters. The maximum Gasteiger partial charge on any atom is 0.337 e. The molecule has 6 heteroatoms. The van der Waals surface area contributed by atoms with Crippen molar-refractivity contribution in [2.24, 2.45) is 0 Å². The van der Waals surface area contributed by atoms with Crippen LogP contribution in [0.15, 0.2) is 48.5 Å². The van der Waals surface area contributed by atoms with Gasteiger partial charge in [-0.3, -0.25) is 0 Å². The number of hydrogen-bond donors (Lipinski definition) is 1. The number of esters is 1. The molecule has 0 saturated heterocycles. The molecule has 0 bridgehead atoms. The molecule has 2 aromatic rings. The van der Waals surface area contributed by atoms with Crippen molar-refractivity contribution in [2.75, 3.05) is 12.8 Å². The summed E-state index contributed by atoms with van der Waals surface area (Å²) in [6.45, 7) is 0. The van der Waals surface area contributed by atoms with Crippen molar-refractivity contribution in [2.45, 2.75) is 11.5 Å². The Hall–Kier alpha value is -2.34. The number of anilines is 1. The Bertz CT molecular complexity index is 750. The van der Waals surface area contributed by atoms with Gasteiger partial charge in [0.1, 0.15) is 0 Å². The lowest BCUT2D eigenvalue weighted by atomic mass is 10.1. The first-order valence-corrected chi connectivity index (χ1v) is 8.44. The molecule has 0 aliphatic rings. The number of ether oxygens (including phenoxy) is 1. The fourth-order valence-electron chi connectivity index (χ4n) is 2.03. The van der Waals surface area contributed by atoms with Crippen LogP contribution < -0.4 is 5.73 Å². The van der Waals surface area contributed by atoms with Gasteiger partial charge in [-0.15, -0.1) is 0 Å². The van der Waals surface area contributed by atoms with Gasteiger partial charge in [0.2, 0.25) is 0 Å². The van der Waals surface area contributed by atoms with Crippen LogP contribution in [0.5, 0.6) is 0 Å². The van der Waals surface area contributed by atoms with E-state index < -0.39 is 15.8 Å². The van der Waals surface area contributed by atoms with Gasteiger partial charge in [-0.25, -0.2) is 13.2 Å². The smallest absolute Gasteiger partial charge is 0.337 e. The molecule has 5 nitrogen and oxygen atoms in total. The van der Waals surface area contributed by atoms with Gasteiger partial charge in [-0.1, -0.05) is 24.3 Å². The highest BCUT2D eigenvalue weighted by Crippen LogP contribution is 2.15. The number of rotatable bonds is 5. The standard InChI is InChI=1S/C16H17NO4S/c1-21-16(18)14-6-2-12(3-7-14)10-22(19,20)11-13-4-8-15(17)9-5-13/h2-9H,10-11,17H2,1H3. The molecule has 0 aliphatic heterocycles. The number of sulfone groups is 1. The van der Waals surface area contributed by atoms with Gasteiger partial charge in [-0.05, 0) is 35.4 Å². The molecule has 0 spiro atoms. The normalized spacial score (nSPS) is 11.1. The van der Waals surface area contributed by atoms with Crippen LogP contribution in [-0.4, -0.2) is 21.5 Å². The summed E-state index contributed by atoms with van der Waals surface area (Å²) in [4.78, 5) is 11.3. The van der Waals surface area contributed by atoms with E-state index in [-0.39, 0.29) is 11.5 Å². The van der Waals surface area contributed by atoms with Gasteiger partial charge >= 0.3 is 5.97 Å². The molecule has 0 aliphatic carbocycles. The maximum atomic E-state index is 12.2. The van der Waals surface area contributed by atoms with Gasteiger partial charge in [0.25, 0.3) is 0 Å². The lowest BCUT2D eigenvalue weighted by molar-refractivity contribution is 0.0600. The van der Waals surface area contributed by atoms with Crippen molar-refractivity contribution < 1.29 is 17.9 Å². The van der Waals surface area contributed by atoms with E-state index in [9.17, 15) is 13.2 Å². The van der Waals surface area contributed by atoms with Crippen molar-refractivity contribution >= 4 is 21.5 Å². The number of benzene rings is 2. The van der Waals surface area contributed by atoms with Crippen molar-refractivity contribution in [1.29, 1.82) is 0 Å². The zero-order valence-corrected chi connectivity index (χ0v) is 13.0. The first kappa shape index (κ1) is 16.0. The van der Waals surface area contributed by atoms with Crippen LogP contribution in [0, 0.1) is 0 Å². The predicted octanol–water partition coefficient (Wildman–Crippen LogP) is 2.17. The molecular weight excluding hydrogens is 302 g/mol. The van der Waals surface area contributed by atoms with E-state index in [0.29, 0.717) is 22.4 Å². The van der Waals surface area contributed by atoms with E-state index in [4.69, 9.17) is 5.73 Å². The number of methoxy groups -OCH3 is 1. The van der Waals surface area contributed by atoms with Crippen LogP contribution in [-0.2, 0) is 26.1 Å². The van der Waals surface area contributed by atoms with Gasteiger partial charge in [0, 0.05) is 5.69 Å². The van der Waals surface area contributed by atoms with Crippen molar-refractivity contribution in [3.05, 3.63) is 65.2 Å². The summed E-state index contributed by atoms with van der Waals surface area (Å²) in [5, 5.41) is 0. The molecule has 0 aromatic heterocycles. The SMILES string of the molecule is COC(=O)c1ccc(CS(=O)(=O)Cc2ccc(N)cc2)cc1. The zero-order valence-electron chi connectivity index (χ0n) is 12.2. The first-order valence-electron chi connectivity index (χ1n) is 6.62. The van der Waals surface area contributed by atoms with Gasteiger partial charge < -0.3 is 10.5 Å². The lowest BCUT2D eigenvalue weighted by Crippen LogP contribution is -2.08. The molecule has 0 amide bonds. The average molecular weight is 319 g/mol. The Labute approximate surface area is 129 Å². The number of nitrogens with two attached hydrogens (primary N) is 1. The first-order chi connectivity index (χ1) is 10.4. The summed E-state index contributed by atoms with van der Waals surface area (Å²) in [5.41, 5.74) is 7.89. The third-order valence-corrected chi connectivity index (χ3v) is 4.67. The molecule has 0 heterocycles. The number of hydrogen-bond acceptors (Lipinski definition) is 5. The summed E-state index contributed by atoms with van der Waals surface area (Å²) in [6.07, 6.45) is 0. The van der Waals surface area contributed by atoms with Crippen molar-refractivity contribution in [1.82, 2.24) is 0 Å². The molecule has 0 saturated carbocycles. The second kappa shape index (κ2) is 6.62. The van der Waals surface area contributed by atoms with E-state index in [2.05, 4.69) is 4.74 Å². The Kier molecular flexibility index (Phi) is 4.82. The highest BCUT2D eigenvalue weighted by Gasteiger charge is 2.14. The second-order valence-electron chi connectivity index (χ2n) is 4.96. The Morgan fingerprint density at radius 1 is 0.955 bits per heavy atom. The van der Waals surface area contributed by atoms with Gasteiger partial charge in [-0.2, -0.15) is 0 Å². The molecule has 2 rings (SSSR count). The summed E-state index contributed by atoms with van der Waals surface area (Å²) >= 11 is 0. The highest BCUT2D eigenvalue weighted by atomic mass is 32.2. The number of carbonyl (C=O) groups excluding carboxylic acids is 1. The van der Waals surface area contributed by atoms with Crippen molar-refractivity contribution in [3.8, 4) is 0 Å². The molecule has 0 fully saturated rings. The third kappa shape index (κ3) is 4.33. The van der Waals surface area contributed by atoms with E-state index in [1.807, 2.05) is 0 Å². The van der Waals surface area contributed by atoms with Crippen LogP contribution in [0.25, 0.3) is 0 Å². The molecule has 22 heavy (non-hydrogen) atoms. The van der Waals surface area contributed by atoms with E-state index in [0.717, 1.165) is 0 Å². The predicted molar refractivity (Wildman–Crippen MR) is 85.0 cm³/mol. The fourth-order valence-corrected chi connectivity index (χ4v) is 3.53. The molecular formula is C16H17NO4S. The summed E-state index contributed by atoms with van der Waals surface area (Å²) in [6, 6.07) is 13.1. The topological polar surface area (TPSA) is 86.5 Å². The molecule has 2 aromatic carbocycles. The average Bonchev–Trinajstić information content (AvgIpc) is 2.49. The summed E-state index contributed by atoms with van der Waals surface area (Å²) in [7, 11) is -2.00. The Balaban J connectivity index is 2.08. The largest absolute Gasteiger partial charge is 0.465 e. The minimum Gasteiger partial charge on any atom is -0.465 e. The summed E-state index contributed by atoms with van der Waals surface area (Å²) < 4.78 is 29.0. The quantitative estimate of drug-likeness (QED) is 0.674. The molecule has 0 radical (unpaired) electrons. The lowest BCUT2D eigenvalue weighted by Gasteiger charge is -2.06. The fraction of sp³-hybridized carbons (Fsp3) is 0.188. The molecule has 116 valence electrons. The van der Waals surface area contributed by atoms with Crippen molar-refractivity contribution in [3.63, 3.8) is 0 Å². The molecule has 0 unspecified atom stereocenters. The van der Waals surface area contributed by atoms with Crippen LogP contribution in [0.4, 0.5) is 5.69 Å². The van der Waals surface area contributed by atoms with Gasteiger partial charge in [0.15, 0.2) is 9.84 Å². The zero-order chi connectivity index (χ0) is 16.2. The van der Waals surface area contributed by atoms with Gasteiger partial charge in [0.05, 0.1) is 24.2 Å². The third-order valence-electron chi connectivity index (χ3n) is 3.13.